The van der Waals surface area contributed by atoms with E-state index < -0.39 is 0 Å². The zero-order valence-electron chi connectivity index (χ0n) is 9.16. The second kappa shape index (κ2) is 6.63. The minimum atomic E-state index is 0.172. The molecule has 84 valence electrons. The van der Waals surface area contributed by atoms with Gasteiger partial charge in [0.05, 0.1) is 6.61 Å². The Kier molecular flexibility index (Phi) is 5.42. The van der Waals surface area contributed by atoms with Crippen molar-refractivity contribution in [2.24, 2.45) is 0 Å². The maximum Gasteiger partial charge on any atom is 0.223 e. The van der Waals surface area contributed by atoms with Gasteiger partial charge in [-0.15, -0.1) is 11.8 Å². The van der Waals surface area contributed by atoms with E-state index in [1.165, 1.54) is 0 Å². The third-order valence-corrected chi connectivity index (χ3v) is 2.86. The third-order valence-electron chi connectivity index (χ3n) is 1.79. The lowest BCUT2D eigenvalue weighted by atomic mass is 10.4. The van der Waals surface area contributed by atoms with Crippen molar-refractivity contribution in [3.8, 4) is 0 Å². The molecule has 5 heteroatoms. The van der Waals surface area contributed by atoms with Gasteiger partial charge in [0.25, 0.3) is 0 Å². The van der Waals surface area contributed by atoms with E-state index >= 15 is 0 Å². The summed E-state index contributed by atoms with van der Waals surface area (Å²) in [7, 11) is 0. The molecule has 4 nitrogen and oxygen atoms in total. The molecule has 2 N–H and O–H groups in total. The number of thioether (sulfide) groups is 1. The normalized spacial score (nSPS) is 10.3. The van der Waals surface area contributed by atoms with Crippen molar-refractivity contribution < 1.29 is 5.11 Å². The van der Waals surface area contributed by atoms with Gasteiger partial charge in [-0.3, -0.25) is 0 Å². The lowest BCUT2D eigenvalue weighted by Gasteiger charge is -2.07. The van der Waals surface area contributed by atoms with Crippen LogP contribution in [0.1, 0.15) is 18.9 Å². The summed E-state index contributed by atoms with van der Waals surface area (Å²) >= 11 is 1.55. The van der Waals surface area contributed by atoms with E-state index in [1.807, 2.05) is 13.1 Å². The molecular formula is C10H17N3OS. The molecule has 0 radical (unpaired) electrons. The fourth-order valence-electron chi connectivity index (χ4n) is 1.04. The van der Waals surface area contributed by atoms with E-state index in [-0.39, 0.29) is 6.61 Å². The summed E-state index contributed by atoms with van der Waals surface area (Å²) in [6, 6.07) is 0. The van der Waals surface area contributed by atoms with Gasteiger partial charge in [0.2, 0.25) is 5.95 Å². The van der Waals surface area contributed by atoms with Crippen LogP contribution >= 0.6 is 11.8 Å². The molecule has 0 fully saturated rings. The van der Waals surface area contributed by atoms with Gasteiger partial charge in [0.15, 0.2) is 0 Å². The molecule has 0 unspecified atom stereocenters. The number of hydrogen-bond acceptors (Lipinski definition) is 5. The molecule has 0 aliphatic heterocycles. The van der Waals surface area contributed by atoms with E-state index in [0.29, 0.717) is 11.7 Å². The van der Waals surface area contributed by atoms with Crippen molar-refractivity contribution in [3.05, 3.63) is 11.8 Å². The predicted molar refractivity (Wildman–Crippen MR) is 63.4 cm³/mol. The summed E-state index contributed by atoms with van der Waals surface area (Å²) in [5, 5.41) is 12.8. The summed E-state index contributed by atoms with van der Waals surface area (Å²) in [4.78, 5) is 8.56. The highest BCUT2D eigenvalue weighted by Gasteiger charge is 2.03. The predicted octanol–water partition coefficient (Wildman–Crippen LogP) is 1.69. The molecule has 1 heterocycles. The van der Waals surface area contributed by atoms with Crippen molar-refractivity contribution in [1.29, 1.82) is 0 Å². The maximum absolute atomic E-state index is 8.75. The van der Waals surface area contributed by atoms with Gasteiger partial charge in [0.1, 0.15) is 5.03 Å². The second-order valence-corrected chi connectivity index (χ2v) is 4.26. The Labute approximate surface area is 94.5 Å². The molecule has 0 amide bonds. The maximum atomic E-state index is 8.75. The first kappa shape index (κ1) is 12.3. The summed E-state index contributed by atoms with van der Waals surface area (Å²) < 4.78 is 0. The molecule has 0 aromatic carbocycles. The Bertz CT molecular complexity index is 307. The van der Waals surface area contributed by atoms with Gasteiger partial charge in [-0.1, -0.05) is 6.92 Å². The molecule has 0 aliphatic carbocycles. The van der Waals surface area contributed by atoms with Crippen LogP contribution in [-0.4, -0.2) is 34.0 Å². The third kappa shape index (κ3) is 4.05. The summed E-state index contributed by atoms with van der Waals surface area (Å²) in [6.45, 7) is 5.13. The zero-order chi connectivity index (χ0) is 11.1. The molecule has 1 rings (SSSR count). The van der Waals surface area contributed by atoms with Crippen molar-refractivity contribution in [2.45, 2.75) is 25.3 Å². The highest BCUT2D eigenvalue weighted by molar-refractivity contribution is 7.99. The van der Waals surface area contributed by atoms with Crippen molar-refractivity contribution in [1.82, 2.24) is 9.97 Å². The Morgan fingerprint density at radius 3 is 3.00 bits per heavy atom. The van der Waals surface area contributed by atoms with E-state index in [1.54, 1.807) is 11.8 Å². The quantitative estimate of drug-likeness (QED) is 0.572. The van der Waals surface area contributed by atoms with Crippen molar-refractivity contribution in [3.63, 3.8) is 0 Å². The SMILES string of the molecule is CCCNc1ncc(C)c(SCCO)n1. The van der Waals surface area contributed by atoms with Crippen molar-refractivity contribution in [2.75, 3.05) is 24.2 Å². The number of nitrogens with zero attached hydrogens (tertiary/aromatic N) is 2. The molecule has 0 aliphatic rings. The second-order valence-electron chi connectivity index (χ2n) is 3.18. The number of aryl methyl sites for hydroxylation is 1. The van der Waals surface area contributed by atoms with Crippen LogP contribution in [0.3, 0.4) is 0 Å². The first-order valence-corrected chi connectivity index (χ1v) is 6.07. The molecule has 1 aromatic heterocycles. The smallest absolute Gasteiger partial charge is 0.223 e. The van der Waals surface area contributed by atoms with Gasteiger partial charge >= 0.3 is 0 Å². The summed E-state index contributed by atoms with van der Waals surface area (Å²) in [5.41, 5.74) is 1.05. The number of aliphatic hydroxyl groups excluding tert-OH is 1. The van der Waals surface area contributed by atoms with E-state index in [9.17, 15) is 0 Å². The highest BCUT2D eigenvalue weighted by Crippen LogP contribution is 2.19. The number of nitrogens with one attached hydrogen (secondary N) is 1. The van der Waals surface area contributed by atoms with Gasteiger partial charge in [-0.25, -0.2) is 9.97 Å². The average Bonchev–Trinajstić information content (AvgIpc) is 2.26. The van der Waals surface area contributed by atoms with Gasteiger partial charge < -0.3 is 10.4 Å². The largest absolute Gasteiger partial charge is 0.396 e. The van der Waals surface area contributed by atoms with Crippen LogP contribution in [0, 0.1) is 6.92 Å². The first-order chi connectivity index (χ1) is 7.27. The summed E-state index contributed by atoms with van der Waals surface area (Å²) in [5.74, 6) is 1.34. The van der Waals surface area contributed by atoms with Crippen LogP contribution in [0.25, 0.3) is 0 Å². The number of hydrogen-bond donors (Lipinski definition) is 2. The fourth-order valence-corrected chi connectivity index (χ4v) is 1.75. The van der Waals surface area contributed by atoms with Crippen LogP contribution in [-0.2, 0) is 0 Å². The topological polar surface area (TPSA) is 58.0 Å². The number of aromatic nitrogens is 2. The van der Waals surface area contributed by atoms with E-state index in [2.05, 4.69) is 22.2 Å². The summed E-state index contributed by atoms with van der Waals surface area (Å²) in [6.07, 6.45) is 2.86. The molecule has 15 heavy (non-hydrogen) atoms. The van der Waals surface area contributed by atoms with Gasteiger partial charge in [-0.05, 0) is 18.9 Å². The zero-order valence-corrected chi connectivity index (χ0v) is 9.97. The van der Waals surface area contributed by atoms with Crippen molar-refractivity contribution >= 4 is 17.7 Å². The molecule has 0 bridgehead atoms. The van der Waals surface area contributed by atoms with E-state index in [4.69, 9.17) is 5.11 Å². The van der Waals surface area contributed by atoms with Crippen LogP contribution in [0.4, 0.5) is 5.95 Å². The lowest BCUT2D eigenvalue weighted by Crippen LogP contribution is -2.05. The Hall–Kier alpha value is -0.810. The van der Waals surface area contributed by atoms with E-state index in [0.717, 1.165) is 23.6 Å². The Morgan fingerprint density at radius 1 is 1.53 bits per heavy atom. The first-order valence-electron chi connectivity index (χ1n) is 5.09. The molecule has 0 saturated heterocycles. The molecule has 0 atom stereocenters. The lowest BCUT2D eigenvalue weighted by molar-refractivity contribution is 0.322. The molecular weight excluding hydrogens is 210 g/mol. The number of rotatable bonds is 6. The van der Waals surface area contributed by atoms with Gasteiger partial charge in [-0.2, -0.15) is 0 Å². The Balaban J connectivity index is 2.66. The molecule has 0 spiro atoms. The molecule has 0 saturated carbocycles. The van der Waals surface area contributed by atoms with Gasteiger partial charge in [0, 0.05) is 18.5 Å². The minimum Gasteiger partial charge on any atom is -0.396 e. The van der Waals surface area contributed by atoms with Crippen LogP contribution in [0.2, 0.25) is 0 Å². The monoisotopic (exact) mass is 227 g/mol. The number of anilines is 1. The Morgan fingerprint density at radius 2 is 2.33 bits per heavy atom. The van der Waals surface area contributed by atoms with Crippen LogP contribution in [0.5, 0.6) is 0 Å². The van der Waals surface area contributed by atoms with Crippen LogP contribution in [0.15, 0.2) is 11.2 Å². The molecule has 1 aromatic rings. The average molecular weight is 227 g/mol. The highest BCUT2D eigenvalue weighted by atomic mass is 32.2. The van der Waals surface area contributed by atoms with Crippen LogP contribution < -0.4 is 5.32 Å². The standard InChI is InChI=1S/C10H17N3OS/c1-3-4-11-10-12-7-8(2)9(13-10)15-6-5-14/h7,14H,3-6H2,1-2H3,(H,11,12,13). The number of aliphatic hydroxyl groups is 1. The minimum absolute atomic E-state index is 0.172. The fraction of sp³-hybridized carbons (Fsp3) is 0.600.